The van der Waals surface area contributed by atoms with Crippen LogP contribution in [0, 0.1) is 0 Å². The number of H-pyrrole nitrogens is 2. The number of nitrogens with zero attached hydrogens (tertiary/aromatic N) is 4. The SMILES string of the molecule is O=c1ccc2c(ncn2Cc2ccc(P(=O)(Oc3ccccc3)Oc3ccccc3)cc2)[nH]1.O=c1ccc2ncn(Cc3ccc(P(=O)(Oc4ccccc4)Oc4ccccc4)cc3)c2[nH]1. The van der Waals surface area contributed by atoms with Crippen molar-refractivity contribution < 1.29 is 27.2 Å². The Kier molecular flexibility index (Phi) is 12.6. The average Bonchev–Trinajstić information content (AvgIpc) is 3.93. The van der Waals surface area contributed by atoms with Crippen LogP contribution in [0.15, 0.2) is 216 Å². The Bertz CT molecular complexity index is 3330. The van der Waals surface area contributed by atoms with Crippen molar-refractivity contribution in [2.45, 2.75) is 13.1 Å². The van der Waals surface area contributed by atoms with Crippen molar-refractivity contribution >= 4 is 48.1 Å². The summed E-state index contributed by atoms with van der Waals surface area (Å²) in [5.41, 5.74) is 4.26. The van der Waals surface area contributed by atoms with Crippen LogP contribution in [0.5, 0.6) is 23.0 Å². The summed E-state index contributed by atoms with van der Waals surface area (Å²) in [5, 5.41) is 0.877. The number of benzene rings is 6. The molecule has 14 nitrogen and oxygen atoms in total. The van der Waals surface area contributed by atoms with Crippen LogP contribution in [0.4, 0.5) is 0 Å². The topological polar surface area (TPSA) is 172 Å². The molecule has 0 amide bonds. The third kappa shape index (κ3) is 10.3. The Balaban J connectivity index is 0.000000166. The zero-order chi connectivity index (χ0) is 45.4. The summed E-state index contributed by atoms with van der Waals surface area (Å²) >= 11 is 0. The Labute approximate surface area is 377 Å². The molecule has 0 atom stereocenters. The van der Waals surface area contributed by atoms with Gasteiger partial charge in [-0.2, -0.15) is 0 Å². The predicted octanol–water partition coefficient (Wildman–Crippen LogP) is 9.50. The molecule has 4 heterocycles. The molecule has 0 fully saturated rings. The van der Waals surface area contributed by atoms with Gasteiger partial charge in [0.15, 0.2) is 5.65 Å². The zero-order valence-corrected chi connectivity index (χ0v) is 36.8. The van der Waals surface area contributed by atoms with E-state index in [4.69, 9.17) is 18.1 Å². The first-order valence-corrected chi connectivity index (χ1v) is 23.7. The number of imidazole rings is 2. The summed E-state index contributed by atoms with van der Waals surface area (Å²) in [6.07, 6.45) is 3.35. The molecule has 0 bridgehead atoms. The van der Waals surface area contributed by atoms with Gasteiger partial charge in [0, 0.05) is 18.7 Å². The van der Waals surface area contributed by atoms with Gasteiger partial charge in [-0.1, -0.05) is 97.1 Å². The van der Waals surface area contributed by atoms with Gasteiger partial charge in [0.1, 0.15) is 34.2 Å². The van der Waals surface area contributed by atoms with Gasteiger partial charge in [-0.3, -0.25) is 9.59 Å². The van der Waals surface area contributed by atoms with E-state index in [0.717, 1.165) is 16.6 Å². The van der Waals surface area contributed by atoms with Crippen LogP contribution in [0.1, 0.15) is 11.1 Å². The lowest BCUT2D eigenvalue weighted by atomic mass is 10.2. The highest BCUT2D eigenvalue weighted by molar-refractivity contribution is 7.63. The van der Waals surface area contributed by atoms with E-state index in [1.54, 1.807) is 97.6 Å². The van der Waals surface area contributed by atoms with Crippen LogP contribution in [-0.4, -0.2) is 29.1 Å². The van der Waals surface area contributed by atoms with E-state index in [1.165, 1.54) is 12.1 Å². The van der Waals surface area contributed by atoms with E-state index in [1.807, 2.05) is 106 Å². The first-order valence-electron chi connectivity index (χ1n) is 20.6. The first-order chi connectivity index (χ1) is 32.2. The second-order valence-electron chi connectivity index (χ2n) is 14.8. The molecule has 4 aromatic heterocycles. The number of hydrogen-bond donors (Lipinski definition) is 2. The largest absolute Gasteiger partial charge is 0.462 e. The summed E-state index contributed by atoms with van der Waals surface area (Å²) in [6, 6.07) is 56.7. The highest BCUT2D eigenvalue weighted by Crippen LogP contribution is 2.48. The van der Waals surface area contributed by atoms with Gasteiger partial charge in [0.2, 0.25) is 11.1 Å². The number of nitrogens with one attached hydrogen (secondary N) is 2. The van der Waals surface area contributed by atoms with E-state index >= 15 is 0 Å². The highest BCUT2D eigenvalue weighted by Gasteiger charge is 2.32. The standard InChI is InChI=1S/2C25H20N3O4P/c29-24-16-15-23-25(27-24)26-18-28(23)17-19-11-13-22(14-12-19)33(30,31-20-7-3-1-4-8-20)32-21-9-5-2-6-10-21;29-24-16-15-23-25(27-24)28(18-26-23)17-19-11-13-22(14-12-19)33(30,31-20-7-3-1-4-8-20)32-21-9-5-2-6-10-21/h2*1-16,18H,17H2,(H,27,29). The van der Waals surface area contributed by atoms with E-state index < -0.39 is 15.2 Å². The van der Waals surface area contributed by atoms with Crippen molar-refractivity contribution in [3.63, 3.8) is 0 Å². The number of aromatic amines is 2. The molecule has 0 radical (unpaired) electrons. The maximum Gasteiger partial charge on any atom is 0.462 e. The molecule has 0 spiro atoms. The van der Waals surface area contributed by atoms with Crippen LogP contribution in [0.3, 0.4) is 0 Å². The summed E-state index contributed by atoms with van der Waals surface area (Å²) < 4.78 is 55.1. The normalized spacial score (nSPS) is 11.4. The molecule has 0 saturated carbocycles. The second kappa shape index (κ2) is 19.3. The fourth-order valence-electron chi connectivity index (χ4n) is 6.88. The summed E-state index contributed by atoms with van der Waals surface area (Å²) in [6.45, 7) is 1.02. The smallest absolute Gasteiger partial charge is 0.413 e. The number of aromatic nitrogens is 6. The predicted molar refractivity (Wildman–Crippen MR) is 255 cm³/mol. The van der Waals surface area contributed by atoms with E-state index in [2.05, 4.69) is 19.9 Å². The quantitative estimate of drug-likeness (QED) is 0.100. The molecule has 10 aromatic rings. The van der Waals surface area contributed by atoms with Crippen LogP contribution in [0.2, 0.25) is 0 Å². The summed E-state index contributed by atoms with van der Waals surface area (Å²) in [5.74, 6) is 1.82. The van der Waals surface area contributed by atoms with Crippen molar-refractivity contribution in [3.05, 3.63) is 239 Å². The van der Waals surface area contributed by atoms with Crippen molar-refractivity contribution in [1.29, 1.82) is 0 Å². The first kappa shape index (κ1) is 43.1. The van der Waals surface area contributed by atoms with Gasteiger partial charge in [0.25, 0.3) is 0 Å². The molecular weight excluding hydrogens is 875 g/mol. The molecule has 6 aromatic carbocycles. The molecule has 0 unspecified atom stereocenters. The maximum atomic E-state index is 13.9. The average molecular weight is 915 g/mol. The van der Waals surface area contributed by atoms with Crippen molar-refractivity contribution in [2.24, 2.45) is 0 Å². The fourth-order valence-corrected chi connectivity index (χ4v) is 10.0. The van der Waals surface area contributed by atoms with Gasteiger partial charge < -0.3 is 37.2 Å². The van der Waals surface area contributed by atoms with E-state index in [0.29, 0.717) is 63.5 Å². The van der Waals surface area contributed by atoms with Crippen molar-refractivity contribution in [2.75, 3.05) is 0 Å². The number of rotatable bonds is 14. The van der Waals surface area contributed by atoms with E-state index in [-0.39, 0.29) is 11.1 Å². The number of hydrogen-bond acceptors (Lipinski definition) is 10. The Morgan fingerprint density at radius 1 is 0.424 bits per heavy atom. The van der Waals surface area contributed by atoms with Gasteiger partial charge in [-0.15, -0.1) is 0 Å². The minimum atomic E-state index is -3.72. The van der Waals surface area contributed by atoms with Gasteiger partial charge in [-0.05, 0) is 96.1 Å². The maximum absolute atomic E-state index is 13.9. The minimum Gasteiger partial charge on any atom is -0.413 e. The molecule has 2 N–H and O–H groups in total. The Morgan fingerprint density at radius 2 is 0.818 bits per heavy atom. The highest BCUT2D eigenvalue weighted by atomic mass is 31.2. The molecular formula is C50H40N6O8P2. The van der Waals surface area contributed by atoms with Gasteiger partial charge >= 0.3 is 15.2 Å². The molecule has 0 aliphatic rings. The minimum absolute atomic E-state index is 0.184. The molecule has 0 saturated heterocycles. The summed E-state index contributed by atoms with van der Waals surface area (Å²) in [7, 11) is -7.43. The Morgan fingerprint density at radius 3 is 1.27 bits per heavy atom. The Hall–Kier alpha value is -8.18. The molecule has 66 heavy (non-hydrogen) atoms. The number of fused-ring (bicyclic) bond motifs is 2. The molecule has 10 rings (SSSR count). The third-order valence-corrected chi connectivity index (χ3v) is 13.8. The summed E-state index contributed by atoms with van der Waals surface area (Å²) in [4.78, 5) is 37.3. The lowest BCUT2D eigenvalue weighted by Gasteiger charge is -2.20. The fraction of sp³-hybridized carbons (Fsp3) is 0.0400. The van der Waals surface area contributed by atoms with Crippen LogP contribution in [-0.2, 0) is 22.2 Å². The van der Waals surface area contributed by atoms with Crippen LogP contribution < -0.4 is 39.8 Å². The lowest BCUT2D eigenvalue weighted by molar-refractivity contribution is 0.398. The number of pyridine rings is 2. The van der Waals surface area contributed by atoms with Gasteiger partial charge in [-0.25, -0.2) is 19.1 Å². The molecule has 328 valence electrons. The van der Waals surface area contributed by atoms with E-state index in [9.17, 15) is 18.7 Å². The molecule has 0 aliphatic carbocycles. The van der Waals surface area contributed by atoms with Crippen molar-refractivity contribution in [3.8, 4) is 23.0 Å². The molecule has 0 aliphatic heterocycles. The third-order valence-electron chi connectivity index (χ3n) is 10.1. The van der Waals surface area contributed by atoms with Crippen molar-refractivity contribution in [1.82, 2.24) is 29.1 Å². The number of para-hydroxylation sites is 4. The lowest BCUT2D eigenvalue weighted by Crippen LogP contribution is -2.15. The van der Waals surface area contributed by atoms with Gasteiger partial charge in [0.05, 0.1) is 35.3 Å². The molecule has 16 heteroatoms. The van der Waals surface area contributed by atoms with Crippen LogP contribution >= 0.6 is 15.2 Å². The second-order valence-corrected chi connectivity index (χ2v) is 18.6. The monoisotopic (exact) mass is 914 g/mol. The van der Waals surface area contributed by atoms with Crippen LogP contribution in [0.25, 0.3) is 22.3 Å². The zero-order valence-electron chi connectivity index (χ0n) is 35.0.